The molecule has 0 rings (SSSR count). The Bertz CT molecular complexity index is 471. The molecule has 0 aliphatic rings. The fraction of sp³-hybridized carbons (Fsp3) is 0.909. The molecule has 0 bridgehead atoms. The molecule has 0 aromatic carbocycles. The van der Waals surface area contributed by atoms with Gasteiger partial charge in [-0.3, -0.25) is 0 Å². The lowest BCUT2D eigenvalue weighted by atomic mass is 10.0. The van der Waals surface area contributed by atoms with Crippen molar-refractivity contribution in [2.75, 3.05) is 26.4 Å². The summed E-state index contributed by atoms with van der Waals surface area (Å²) in [5, 5.41) is 41.0. The molecule has 0 aromatic rings. The van der Waals surface area contributed by atoms with Gasteiger partial charge in [-0.05, 0) is 66.2 Å². The third-order valence-corrected chi connectivity index (χ3v) is 3.88. The van der Waals surface area contributed by atoms with Crippen LogP contribution in [0.2, 0.25) is 0 Å². The highest BCUT2D eigenvalue weighted by Gasteiger charge is 2.21. The summed E-state index contributed by atoms with van der Waals surface area (Å²) >= 11 is 0. The third kappa shape index (κ3) is 20.3. The largest absolute Gasteiger partial charge is 0.444 e. The molecule has 0 radical (unpaired) electrons. The molecule has 192 valence electrons. The van der Waals surface area contributed by atoms with Crippen molar-refractivity contribution in [2.24, 2.45) is 11.8 Å². The third-order valence-electron chi connectivity index (χ3n) is 3.88. The molecule has 0 saturated heterocycles. The lowest BCUT2D eigenvalue weighted by Gasteiger charge is -2.23. The van der Waals surface area contributed by atoms with E-state index in [9.17, 15) is 9.59 Å². The molecule has 0 aliphatic heterocycles. The van der Waals surface area contributed by atoms with Gasteiger partial charge in [-0.2, -0.15) is 0 Å². The van der Waals surface area contributed by atoms with Gasteiger partial charge in [-0.1, -0.05) is 13.8 Å². The molecule has 2 amide bonds. The molecule has 0 aromatic heterocycles. The second-order valence-corrected chi connectivity index (χ2v) is 10.1. The van der Waals surface area contributed by atoms with E-state index in [0.29, 0.717) is 12.8 Å². The summed E-state index contributed by atoms with van der Waals surface area (Å²) in [5.41, 5.74) is -1.10. The van der Waals surface area contributed by atoms with Gasteiger partial charge in [0.15, 0.2) is 0 Å². The van der Waals surface area contributed by atoms with Crippen molar-refractivity contribution >= 4 is 12.2 Å². The Kier molecular flexibility index (Phi) is 16.3. The van der Waals surface area contributed by atoms with E-state index < -0.39 is 23.4 Å². The van der Waals surface area contributed by atoms with E-state index in [1.807, 2.05) is 13.8 Å². The van der Waals surface area contributed by atoms with Gasteiger partial charge >= 0.3 is 12.2 Å². The van der Waals surface area contributed by atoms with Crippen LogP contribution < -0.4 is 10.6 Å². The zero-order valence-corrected chi connectivity index (χ0v) is 21.0. The van der Waals surface area contributed by atoms with Crippen molar-refractivity contribution < 1.29 is 39.5 Å². The first-order valence-electron chi connectivity index (χ1n) is 11.0. The van der Waals surface area contributed by atoms with E-state index >= 15 is 0 Å². The topological polar surface area (TPSA) is 158 Å². The molecular formula is C22H46N2O8. The number of hydrogen-bond donors (Lipinski definition) is 6. The fourth-order valence-electron chi connectivity index (χ4n) is 2.43. The second-order valence-electron chi connectivity index (χ2n) is 10.1. The Morgan fingerprint density at radius 3 is 1.12 bits per heavy atom. The molecule has 6 N–H and O–H groups in total. The average molecular weight is 467 g/mol. The van der Waals surface area contributed by atoms with Crippen molar-refractivity contribution in [1.29, 1.82) is 0 Å². The van der Waals surface area contributed by atoms with Crippen molar-refractivity contribution in [1.82, 2.24) is 10.6 Å². The Balaban J connectivity index is 0. The van der Waals surface area contributed by atoms with Crippen LogP contribution in [-0.2, 0) is 9.47 Å². The number of carbonyl (C=O) groups is 2. The summed E-state index contributed by atoms with van der Waals surface area (Å²) in [5.74, 6) is 0.0687. The van der Waals surface area contributed by atoms with E-state index in [-0.39, 0.29) is 50.3 Å². The quantitative estimate of drug-likeness (QED) is 0.284. The smallest absolute Gasteiger partial charge is 0.407 e. The number of hydrogen-bond acceptors (Lipinski definition) is 8. The molecular weight excluding hydrogens is 420 g/mol. The summed E-state index contributed by atoms with van der Waals surface area (Å²) in [6.45, 7) is 14.1. The van der Waals surface area contributed by atoms with Crippen molar-refractivity contribution in [3.8, 4) is 0 Å². The molecule has 0 fully saturated rings. The van der Waals surface area contributed by atoms with Gasteiger partial charge in [0.2, 0.25) is 0 Å². The van der Waals surface area contributed by atoms with Gasteiger partial charge in [0.05, 0.1) is 25.3 Å². The lowest BCUT2D eigenvalue weighted by molar-refractivity contribution is 0.0457. The summed E-state index contributed by atoms with van der Waals surface area (Å²) in [4.78, 5) is 22.8. The van der Waals surface area contributed by atoms with E-state index in [1.165, 1.54) is 0 Å². The highest BCUT2D eigenvalue weighted by molar-refractivity contribution is 5.68. The number of aliphatic hydroxyl groups excluding tert-OH is 4. The highest BCUT2D eigenvalue weighted by atomic mass is 16.6. The molecule has 0 spiro atoms. The van der Waals surface area contributed by atoms with Crippen LogP contribution in [0.1, 0.15) is 68.2 Å². The van der Waals surface area contributed by atoms with Crippen molar-refractivity contribution in [2.45, 2.75) is 91.5 Å². The summed E-state index contributed by atoms with van der Waals surface area (Å²) in [6.07, 6.45) is -0.0493. The monoisotopic (exact) mass is 466 g/mol. The Labute approximate surface area is 192 Å². The standard InChI is InChI=1S/2C11H23NO4/c2*1-8(6-13)5-9(7-14)12-10(15)16-11(2,3)4/h2*8-9,13-14H,5-7H2,1-4H3,(H,12,15)/t8-,9+;8-,9-/m10/s1. The minimum atomic E-state index is -0.549. The maximum absolute atomic E-state index is 11.4. The van der Waals surface area contributed by atoms with Crippen LogP contribution in [0, 0.1) is 11.8 Å². The number of carbonyl (C=O) groups excluding carboxylic acids is 2. The van der Waals surface area contributed by atoms with Gasteiger partial charge in [0.25, 0.3) is 0 Å². The first kappa shape index (κ1) is 32.6. The van der Waals surface area contributed by atoms with Crippen LogP contribution in [0.3, 0.4) is 0 Å². The second kappa shape index (κ2) is 16.1. The van der Waals surface area contributed by atoms with Crippen molar-refractivity contribution in [3.63, 3.8) is 0 Å². The van der Waals surface area contributed by atoms with E-state index in [2.05, 4.69) is 10.6 Å². The minimum Gasteiger partial charge on any atom is -0.444 e. The van der Waals surface area contributed by atoms with E-state index in [0.717, 1.165) is 0 Å². The zero-order valence-electron chi connectivity index (χ0n) is 21.0. The number of aliphatic hydroxyl groups is 4. The maximum atomic E-state index is 11.4. The number of ether oxygens (including phenoxy) is 2. The predicted octanol–water partition coefficient (Wildman–Crippen LogP) is 1.78. The number of rotatable bonds is 10. The molecule has 0 aliphatic carbocycles. The molecule has 4 atom stereocenters. The Morgan fingerprint density at radius 1 is 0.656 bits per heavy atom. The maximum Gasteiger partial charge on any atom is 0.407 e. The molecule has 10 nitrogen and oxygen atoms in total. The first-order valence-corrected chi connectivity index (χ1v) is 11.0. The summed E-state index contributed by atoms with van der Waals surface area (Å²) in [6, 6.07) is -0.756. The van der Waals surface area contributed by atoms with Gasteiger partial charge in [0, 0.05) is 13.2 Å². The summed E-state index contributed by atoms with van der Waals surface area (Å²) < 4.78 is 10.1. The molecule has 0 saturated carbocycles. The Hall–Kier alpha value is -1.62. The minimum absolute atomic E-state index is 0.0342. The molecule has 0 heterocycles. The molecule has 32 heavy (non-hydrogen) atoms. The van der Waals surface area contributed by atoms with Gasteiger partial charge in [-0.25, -0.2) is 9.59 Å². The average Bonchev–Trinajstić information content (AvgIpc) is 2.63. The van der Waals surface area contributed by atoms with Crippen molar-refractivity contribution in [3.05, 3.63) is 0 Å². The number of amides is 2. The van der Waals surface area contributed by atoms with Crippen LogP contribution in [0.5, 0.6) is 0 Å². The Morgan fingerprint density at radius 2 is 0.938 bits per heavy atom. The fourth-order valence-corrected chi connectivity index (χ4v) is 2.43. The lowest BCUT2D eigenvalue weighted by Crippen LogP contribution is -2.42. The molecule has 0 unspecified atom stereocenters. The van der Waals surface area contributed by atoms with Gasteiger partial charge in [0.1, 0.15) is 11.2 Å². The summed E-state index contributed by atoms with van der Waals surface area (Å²) in [7, 11) is 0. The predicted molar refractivity (Wildman–Crippen MR) is 122 cm³/mol. The zero-order chi connectivity index (χ0) is 25.5. The van der Waals surface area contributed by atoms with Gasteiger partial charge in [-0.15, -0.1) is 0 Å². The van der Waals surface area contributed by atoms with Crippen LogP contribution in [0.25, 0.3) is 0 Å². The first-order chi connectivity index (χ1) is 14.6. The number of alkyl carbamates (subject to hydrolysis) is 2. The van der Waals surface area contributed by atoms with Crippen LogP contribution in [-0.4, -0.2) is 82.3 Å². The van der Waals surface area contributed by atoms with E-state index in [1.54, 1.807) is 41.5 Å². The molecule has 10 heteroatoms. The normalized spacial score (nSPS) is 15.4. The van der Waals surface area contributed by atoms with Crippen LogP contribution in [0.4, 0.5) is 9.59 Å². The van der Waals surface area contributed by atoms with Gasteiger partial charge < -0.3 is 40.5 Å². The van der Waals surface area contributed by atoms with E-state index in [4.69, 9.17) is 29.9 Å². The highest BCUT2D eigenvalue weighted by Crippen LogP contribution is 2.10. The van der Waals surface area contributed by atoms with Crippen LogP contribution >= 0.6 is 0 Å². The number of nitrogens with one attached hydrogen (secondary N) is 2. The SMILES string of the molecule is C[C@@H](CO)C[C@@H](CO)NC(=O)OC(C)(C)C.C[C@H](CO)C[C@@H](CO)NC(=O)OC(C)(C)C. The van der Waals surface area contributed by atoms with Crippen LogP contribution in [0.15, 0.2) is 0 Å².